The minimum absolute atomic E-state index is 0.238. The number of nitro benzene ring substituents is 1. The normalized spacial score (nSPS) is 17.2. The van der Waals surface area contributed by atoms with E-state index in [2.05, 4.69) is 17.1 Å². The number of para-hydroxylation sites is 1. The van der Waals surface area contributed by atoms with E-state index in [-0.39, 0.29) is 10.6 Å². The molecule has 5 heteroatoms. The van der Waals surface area contributed by atoms with Crippen LogP contribution in [0.1, 0.15) is 25.3 Å². The lowest BCUT2D eigenvalue weighted by Crippen LogP contribution is -2.36. The van der Waals surface area contributed by atoms with Crippen molar-refractivity contribution in [2.75, 3.05) is 26.2 Å². The summed E-state index contributed by atoms with van der Waals surface area (Å²) in [7, 11) is 0. The predicted molar refractivity (Wildman–Crippen MR) is 79.6 cm³/mol. The Kier molecular flexibility index (Phi) is 5.49. The minimum atomic E-state index is -0.284. The lowest BCUT2D eigenvalue weighted by Gasteiger charge is -2.31. The number of nitrogens with one attached hydrogen (secondary N) is 1. The van der Waals surface area contributed by atoms with Gasteiger partial charge in [-0.15, -0.1) is 0 Å². The molecule has 1 aliphatic rings. The SMILES string of the molecule is CCNCC1CCN(Cc2ccccc2[N+](=O)[O-])CC1. The van der Waals surface area contributed by atoms with Gasteiger partial charge in [-0.05, 0) is 44.9 Å². The zero-order valence-corrected chi connectivity index (χ0v) is 12.0. The Balaban J connectivity index is 1.88. The molecule has 5 nitrogen and oxygen atoms in total. The number of hydrogen-bond acceptors (Lipinski definition) is 4. The van der Waals surface area contributed by atoms with Crippen LogP contribution in [-0.2, 0) is 6.54 Å². The van der Waals surface area contributed by atoms with Crippen LogP contribution in [0.25, 0.3) is 0 Å². The summed E-state index contributed by atoms with van der Waals surface area (Å²) in [5.41, 5.74) is 1.06. The molecular weight excluding hydrogens is 254 g/mol. The van der Waals surface area contributed by atoms with Crippen LogP contribution in [0.15, 0.2) is 24.3 Å². The molecule has 0 spiro atoms. The standard InChI is InChI=1S/C15H23N3O2/c1-2-16-11-13-7-9-17(10-8-13)12-14-5-3-4-6-15(14)18(19)20/h3-6,13,16H,2,7-12H2,1H3. The first kappa shape index (κ1) is 14.9. The van der Waals surface area contributed by atoms with Crippen LogP contribution < -0.4 is 5.32 Å². The van der Waals surface area contributed by atoms with E-state index in [1.54, 1.807) is 12.1 Å². The van der Waals surface area contributed by atoms with Crippen molar-refractivity contribution < 1.29 is 4.92 Å². The highest BCUT2D eigenvalue weighted by atomic mass is 16.6. The summed E-state index contributed by atoms with van der Waals surface area (Å²) >= 11 is 0. The lowest BCUT2D eigenvalue weighted by atomic mass is 9.96. The Morgan fingerprint density at radius 3 is 2.70 bits per heavy atom. The van der Waals surface area contributed by atoms with Crippen LogP contribution in [-0.4, -0.2) is 36.0 Å². The Morgan fingerprint density at radius 2 is 2.05 bits per heavy atom. The van der Waals surface area contributed by atoms with Gasteiger partial charge in [-0.3, -0.25) is 15.0 Å². The van der Waals surface area contributed by atoms with Crippen molar-refractivity contribution >= 4 is 5.69 Å². The summed E-state index contributed by atoms with van der Waals surface area (Å²) < 4.78 is 0. The van der Waals surface area contributed by atoms with Crippen LogP contribution in [0.4, 0.5) is 5.69 Å². The van der Waals surface area contributed by atoms with E-state index in [4.69, 9.17) is 0 Å². The molecule has 0 saturated carbocycles. The zero-order chi connectivity index (χ0) is 14.4. The molecule has 2 rings (SSSR count). The number of hydrogen-bond donors (Lipinski definition) is 1. The van der Waals surface area contributed by atoms with Crippen molar-refractivity contribution in [3.63, 3.8) is 0 Å². The maximum absolute atomic E-state index is 11.0. The maximum atomic E-state index is 11.0. The molecule has 0 aliphatic carbocycles. The fourth-order valence-corrected chi connectivity index (χ4v) is 2.76. The first-order valence-corrected chi connectivity index (χ1v) is 7.36. The highest BCUT2D eigenvalue weighted by molar-refractivity contribution is 5.39. The third-order valence-corrected chi connectivity index (χ3v) is 3.97. The summed E-state index contributed by atoms with van der Waals surface area (Å²) in [5.74, 6) is 0.747. The van der Waals surface area contributed by atoms with E-state index in [0.717, 1.165) is 37.7 Å². The van der Waals surface area contributed by atoms with Crippen LogP contribution in [0.2, 0.25) is 0 Å². The molecule has 1 aliphatic heterocycles. The average molecular weight is 277 g/mol. The number of benzene rings is 1. The largest absolute Gasteiger partial charge is 0.317 e. The van der Waals surface area contributed by atoms with Gasteiger partial charge in [-0.1, -0.05) is 25.1 Å². The van der Waals surface area contributed by atoms with E-state index < -0.39 is 0 Å². The van der Waals surface area contributed by atoms with E-state index in [9.17, 15) is 10.1 Å². The number of likely N-dealkylation sites (tertiary alicyclic amines) is 1. The van der Waals surface area contributed by atoms with E-state index in [1.807, 2.05) is 12.1 Å². The molecule has 0 bridgehead atoms. The van der Waals surface area contributed by atoms with Crippen molar-refractivity contribution in [1.29, 1.82) is 0 Å². The molecule has 0 amide bonds. The Labute approximate surface area is 120 Å². The van der Waals surface area contributed by atoms with E-state index in [0.29, 0.717) is 6.54 Å². The highest BCUT2D eigenvalue weighted by Crippen LogP contribution is 2.23. The predicted octanol–water partition coefficient (Wildman–Crippen LogP) is 2.42. The quantitative estimate of drug-likeness (QED) is 0.641. The zero-order valence-electron chi connectivity index (χ0n) is 12.0. The molecular formula is C15H23N3O2. The van der Waals surface area contributed by atoms with Crippen molar-refractivity contribution in [2.24, 2.45) is 5.92 Å². The number of nitro groups is 1. The van der Waals surface area contributed by atoms with Gasteiger partial charge in [0.2, 0.25) is 0 Å². The third-order valence-electron chi connectivity index (χ3n) is 3.97. The monoisotopic (exact) mass is 277 g/mol. The molecule has 1 aromatic rings. The fourth-order valence-electron chi connectivity index (χ4n) is 2.76. The summed E-state index contributed by atoms with van der Waals surface area (Å²) in [5, 5.41) is 14.4. The Hall–Kier alpha value is -1.46. The van der Waals surface area contributed by atoms with Crippen molar-refractivity contribution in [1.82, 2.24) is 10.2 Å². The molecule has 20 heavy (non-hydrogen) atoms. The first-order valence-electron chi connectivity index (χ1n) is 7.36. The van der Waals surface area contributed by atoms with Crippen LogP contribution >= 0.6 is 0 Å². The molecule has 0 atom stereocenters. The highest BCUT2D eigenvalue weighted by Gasteiger charge is 2.21. The minimum Gasteiger partial charge on any atom is -0.317 e. The Bertz CT molecular complexity index is 442. The molecule has 110 valence electrons. The number of rotatable bonds is 6. The van der Waals surface area contributed by atoms with E-state index >= 15 is 0 Å². The van der Waals surface area contributed by atoms with Crippen LogP contribution in [0, 0.1) is 16.0 Å². The second kappa shape index (κ2) is 7.36. The van der Waals surface area contributed by atoms with Gasteiger partial charge in [-0.25, -0.2) is 0 Å². The van der Waals surface area contributed by atoms with Gasteiger partial charge in [0.15, 0.2) is 0 Å². The van der Waals surface area contributed by atoms with Crippen LogP contribution in [0.5, 0.6) is 0 Å². The Morgan fingerprint density at radius 1 is 1.35 bits per heavy atom. The van der Waals surface area contributed by atoms with Gasteiger partial charge in [-0.2, -0.15) is 0 Å². The molecule has 0 unspecified atom stereocenters. The van der Waals surface area contributed by atoms with Crippen molar-refractivity contribution in [3.05, 3.63) is 39.9 Å². The average Bonchev–Trinajstić information content (AvgIpc) is 2.47. The van der Waals surface area contributed by atoms with Gasteiger partial charge >= 0.3 is 0 Å². The summed E-state index contributed by atoms with van der Waals surface area (Å²) in [6.07, 6.45) is 2.35. The molecule has 0 radical (unpaired) electrons. The van der Waals surface area contributed by atoms with Gasteiger partial charge < -0.3 is 5.32 Å². The maximum Gasteiger partial charge on any atom is 0.273 e. The van der Waals surface area contributed by atoms with Gasteiger partial charge in [0.05, 0.1) is 4.92 Å². The van der Waals surface area contributed by atoms with Crippen molar-refractivity contribution in [3.8, 4) is 0 Å². The van der Waals surface area contributed by atoms with Gasteiger partial charge in [0, 0.05) is 18.2 Å². The molecule has 1 fully saturated rings. The number of nitrogens with zero attached hydrogens (tertiary/aromatic N) is 2. The molecule has 1 saturated heterocycles. The summed E-state index contributed by atoms with van der Waals surface area (Å²) in [6, 6.07) is 7.06. The molecule has 0 aromatic heterocycles. The first-order chi connectivity index (χ1) is 9.70. The summed E-state index contributed by atoms with van der Waals surface area (Å²) in [6.45, 7) is 6.99. The van der Waals surface area contributed by atoms with Crippen molar-refractivity contribution in [2.45, 2.75) is 26.3 Å². The molecule has 1 aromatic carbocycles. The van der Waals surface area contributed by atoms with Gasteiger partial charge in [0.1, 0.15) is 0 Å². The number of piperidine rings is 1. The summed E-state index contributed by atoms with van der Waals surface area (Å²) in [4.78, 5) is 13.1. The lowest BCUT2D eigenvalue weighted by molar-refractivity contribution is -0.385. The van der Waals surface area contributed by atoms with Crippen LogP contribution in [0.3, 0.4) is 0 Å². The topological polar surface area (TPSA) is 58.4 Å². The second-order valence-corrected chi connectivity index (χ2v) is 5.41. The second-order valence-electron chi connectivity index (χ2n) is 5.41. The smallest absolute Gasteiger partial charge is 0.273 e. The molecule has 1 heterocycles. The fraction of sp³-hybridized carbons (Fsp3) is 0.600. The third kappa shape index (κ3) is 4.02. The van der Waals surface area contributed by atoms with Gasteiger partial charge in [0.25, 0.3) is 5.69 Å². The molecule has 1 N–H and O–H groups in total. The van der Waals surface area contributed by atoms with E-state index in [1.165, 1.54) is 12.8 Å².